The van der Waals surface area contributed by atoms with Gasteiger partial charge in [0, 0.05) is 19.3 Å². The lowest BCUT2D eigenvalue weighted by Crippen LogP contribution is -2.30. The molecule has 0 spiro atoms. The predicted octanol–water partition coefficient (Wildman–Crippen LogP) is 17.3. The third-order valence-electron chi connectivity index (χ3n) is 11.2. The van der Waals surface area contributed by atoms with Crippen LogP contribution in [0.2, 0.25) is 0 Å². The number of ether oxygens (including phenoxy) is 3. The molecule has 0 bridgehead atoms. The van der Waals surface area contributed by atoms with Crippen LogP contribution in [0.3, 0.4) is 0 Å². The van der Waals surface area contributed by atoms with E-state index in [1.54, 1.807) is 0 Å². The number of unbranched alkanes of at least 4 members (excludes halogenated alkanes) is 26. The van der Waals surface area contributed by atoms with Crippen LogP contribution in [0.25, 0.3) is 0 Å². The molecule has 358 valence electrons. The van der Waals surface area contributed by atoms with E-state index in [0.29, 0.717) is 19.3 Å². The highest BCUT2D eigenvalue weighted by Crippen LogP contribution is 2.14. The van der Waals surface area contributed by atoms with E-state index >= 15 is 0 Å². The molecule has 6 nitrogen and oxygen atoms in total. The summed E-state index contributed by atoms with van der Waals surface area (Å²) in [5.41, 5.74) is 0. The lowest BCUT2D eigenvalue weighted by Gasteiger charge is -2.18. The summed E-state index contributed by atoms with van der Waals surface area (Å²) >= 11 is 0. The summed E-state index contributed by atoms with van der Waals surface area (Å²) in [5.74, 6) is -0.907. The quantitative estimate of drug-likeness (QED) is 0.0262. The van der Waals surface area contributed by atoms with Gasteiger partial charge in [-0.05, 0) is 103 Å². The van der Waals surface area contributed by atoms with Crippen LogP contribution in [-0.4, -0.2) is 37.2 Å². The Morgan fingerprint density at radius 3 is 1.03 bits per heavy atom. The van der Waals surface area contributed by atoms with Gasteiger partial charge in [-0.1, -0.05) is 197 Å². The van der Waals surface area contributed by atoms with E-state index in [0.717, 1.165) is 103 Å². The van der Waals surface area contributed by atoms with Gasteiger partial charge >= 0.3 is 17.9 Å². The normalized spacial score (nSPS) is 12.5. The van der Waals surface area contributed by atoms with Crippen LogP contribution in [0, 0.1) is 0 Å². The summed E-state index contributed by atoms with van der Waals surface area (Å²) in [4.78, 5) is 38.0. The lowest BCUT2D eigenvalue weighted by molar-refractivity contribution is -0.167. The number of carbonyl (C=O) groups is 3. The van der Waals surface area contributed by atoms with Crippen LogP contribution in [0.1, 0.15) is 258 Å². The van der Waals surface area contributed by atoms with E-state index < -0.39 is 6.10 Å². The van der Waals surface area contributed by atoms with Gasteiger partial charge in [0.05, 0.1) is 0 Å². The molecule has 6 heteroatoms. The Hall–Kier alpha value is -2.89. The second-order valence-corrected chi connectivity index (χ2v) is 17.4. The molecule has 0 radical (unpaired) electrons. The van der Waals surface area contributed by atoms with Gasteiger partial charge in [0.15, 0.2) is 6.10 Å². The number of hydrogen-bond acceptors (Lipinski definition) is 6. The first kappa shape index (κ1) is 59.1. The van der Waals surface area contributed by atoms with Crippen molar-refractivity contribution in [2.45, 2.75) is 264 Å². The van der Waals surface area contributed by atoms with Gasteiger partial charge in [-0.25, -0.2) is 0 Å². The van der Waals surface area contributed by atoms with Crippen molar-refractivity contribution in [3.8, 4) is 0 Å². The van der Waals surface area contributed by atoms with Crippen LogP contribution < -0.4 is 0 Å². The molecule has 0 saturated carbocycles. The second-order valence-electron chi connectivity index (χ2n) is 17.4. The zero-order chi connectivity index (χ0) is 45.1. The summed E-state index contributed by atoms with van der Waals surface area (Å²) in [6, 6.07) is 0. The predicted molar refractivity (Wildman–Crippen MR) is 265 cm³/mol. The number of hydrogen-bond donors (Lipinski definition) is 0. The molecule has 0 saturated heterocycles. The topological polar surface area (TPSA) is 78.9 Å². The van der Waals surface area contributed by atoms with Gasteiger partial charge < -0.3 is 14.2 Å². The first-order valence-corrected chi connectivity index (χ1v) is 26.3. The molecule has 0 aromatic heterocycles. The Labute approximate surface area is 383 Å². The van der Waals surface area contributed by atoms with Gasteiger partial charge in [-0.2, -0.15) is 0 Å². The average molecular weight is 867 g/mol. The first-order valence-electron chi connectivity index (χ1n) is 26.3. The molecule has 0 aliphatic rings. The molecule has 0 aromatic rings. The van der Waals surface area contributed by atoms with Crippen molar-refractivity contribution in [1.82, 2.24) is 0 Å². The highest BCUT2D eigenvalue weighted by molar-refractivity contribution is 5.71. The molecular formula is C56H98O6. The SMILES string of the molecule is CC/C=C\C/C=C\C/C=C\CCCCCCCCCC(=O)OCC(COC(=O)CCCCCCC/C=C\CCCCC)OC(=O)CCCCCCC/C=C\CCCCCCCC. The fourth-order valence-corrected chi connectivity index (χ4v) is 7.27. The van der Waals surface area contributed by atoms with Gasteiger partial charge in [0.2, 0.25) is 0 Å². The Balaban J connectivity index is 4.40. The van der Waals surface area contributed by atoms with Gasteiger partial charge in [-0.15, -0.1) is 0 Å². The van der Waals surface area contributed by atoms with Crippen LogP contribution in [0.15, 0.2) is 60.8 Å². The van der Waals surface area contributed by atoms with Crippen LogP contribution in [0.4, 0.5) is 0 Å². The maximum atomic E-state index is 12.8. The smallest absolute Gasteiger partial charge is 0.306 e. The summed E-state index contributed by atoms with van der Waals surface area (Å²) in [5, 5.41) is 0. The van der Waals surface area contributed by atoms with Gasteiger partial charge in [0.25, 0.3) is 0 Å². The summed E-state index contributed by atoms with van der Waals surface area (Å²) < 4.78 is 16.8. The minimum atomic E-state index is -0.784. The number of allylic oxidation sites excluding steroid dienone is 10. The highest BCUT2D eigenvalue weighted by atomic mass is 16.6. The van der Waals surface area contributed by atoms with Crippen LogP contribution in [0.5, 0.6) is 0 Å². The van der Waals surface area contributed by atoms with Crippen molar-refractivity contribution in [2.24, 2.45) is 0 Å². The molecule has 0 N–H and O–H groups in total. The standard InChI is InChI=1S/C56H98O6/c1-4-7-10-13-16-19-22-25-27-28-30-31-34-37-40-43-46-49-55(58)61-52-53(51-60-54(57)48-45-42-39-36-33-24-21-18-15-12-9-6-3)62-56(59)50-47-44-41-38-35-32-29-26-23-20-17-14-11-8-5-2/h7,10,16,18-19,21,25-27,29,53H,4-6,8-9,11-15,17,20,22-24,28,30-52H2,1-3H3/b10-7-,19-16-,21-18-,27-25-,29-26-. The molecule has 0 aromatic carbocycles. The molecule has 0 aliphatic heterocycles. The third kappa shape index (κ3) is 48.1. The first-order chi connectivity index (χ1) is 30.5. The van der Waals surface area contributed by atoms with Gasteiger partial charge in [0.1, 0.15) is 13.2 Å². The van der Waals surface area contributed by atoms with E-state index in [9.17, 15) is 14.4 Å². The Kier molecular flexibility index (Phi) is 48.4. The maximum absolute atomic E-state index is 12.8. The molecular weight excluding hydrogens is 769 g/mol. The molecule has 0 aliphatic carbocycles. The monoisotopic (exact) mass is 867 g/mol. The fourth-order valence-electron chi connectivity index (χ4n) is 7.27. The Morgan fingerprint density at radius 1 is 0.339 bits per heavy atom. The van der Waals surface area contributed by atoms with Gasteiger partial charge in [-0.3, -0.25) is 14.4 Å². The van der Waals surface area contributed by atoms with E-state index in [1.807, 2.05) is 0 Å². The number of rotatable bonds is 47. The highest BCUT2D eigenvalue weighted by Gasteiger charge is 2.19. The van der Waals surface area contributed by atoms with Crippen molar-refractivity contribution in [2.75, 3.05) is 13.2 Å². The van der Waals surface area contributed by atoms with E-state index in [-0.39, 0.29) is 31.1 Å². The zero-order valence-electron chi connectivity index (χ0n) is 40.9. The minimum absolute atomic E-state index is 0.0847. The van der Waals surface area contributed by atoms with Crippen molar-refractivity contribution in [3.05, 3.63) is 60.8 Å². The lowest BCUT2D eigenvalue weighted by atomic mass is 10.1. The van der Waals surface area contributed by atoms with E-state index in [1.165, 1.54) is 116 Å². The molecule has 0 heterocycles. The summed E-state index contributed by atoms with van der Waals surface area (Å²) in [6.07, 6.45) is 62.0. The molecule has 62 heavy (non-hydrogen) atoms. The largest absolute Gasteiger partial charge is 0.462 e. The average Bonchev–Trinajstić information content (AvgIpc) is 3.27. The molecule has 1 unspecified atom stereocenters. The molecule has 1 atom stereocenters. The fraction of sp³-hybridized carbons (Fsp3) is 0.768. The minimum Gasteiger partial charge on any atom is -0.462 e. The van der Waals surface area contributed by atoms with E-state index in [2.05, 4.69) is 81.5 Å². The summed E-state index contributed by atoms with van der Waals surface area (Å²) in [7, 11) is 0. The van der Waals surface area contributed by atoms with Crippen molar-refractivity contribution in [3.63, 3.8) is 0 Å². The number of esters is 3. The van der Waals surface area contributed by atoms with Crippen molar-refractivity contribution in [1.29, 1.82) is 0 Å². The zero-order valence-corrected chi connectivity index (χ0v) is 40.9. The molecule has 0 rings (SSSR count). The van der Waals surface area contributed by atoms with E-state index in [4.69, 9.17) is 14.2 Å². The summed E-state index contributed by atoms with van der Waals surface area (Å²) in [6.45, 7) is 6.48. The number of carbonyl (C=O) groups excluding carboxylic acids is 3. The van der Waals surface area contributed by atoms with Crippen LogP contribution in [-0.2, 0) is 28.6 Å². The van der Waals surface area contributed by atoms with Crippen LogP contribution >= 0.6 is 0 Å². The maximum Gasteiger partial charge on any atom is 0.306 e. The molecule has 0 fully saturated rings. The third-order valence-corrected chi connectivity index (χ3v) is 11.2. The Bertz CT molecular complexity index is 1130. The Morgan fingerprint density at radius 2 is 0.629 bits per heavy atom. The van der Waals surface area contributed by atoms with Crippen molar-refractivity contribution < 1.29 is 28.6 Å². The molecule has 0 amide bonds. The second kappa shape index (κ2) is 50.8. The van der Waals surface area contributed by atoms with Crippen molar-refractivity contribution >= 4 is 17.9 Å².